The second-order valence-corrected chi connectivity index (χ2v) is 5.16. The molecule has 1 N–H and O–H groups in total. The number of halogens is 1. The van der Waals surface area contributed by atoms with Crippen LogP contribution >= 0.6 is 11.6 Å². The molecule has 0 aromatic heterocycles. The average Bonchev–Trinajstić information content (AvgIpc) is 2.47. The molecule has 0 radical (unpaired) electrons. The van der Waals surface area contributed by atoms with E-state index in [1.54, 1.807) is 24.3 Å². The van der Waals surface area contributed by atoms with E-state index in [0.717, 1.165) is 17.5 Å². The van der Waals surface area contributed by atoms with E-state index in [2.05, 4.69) is 0 Å². The lowest BCUT2D eigenvalue weighted by atomic mass is 10.00. The summed E-state index contributed by atoms with van der Waals surface area (Å²) in [5, 5.41) is 9.89. The second kappa shape index (κ2) is 7.14. The largest absolute Gasteiger partial charge is 0.478 e. The van der Waals surface area contributed by atoms with Gasteiger partial charge in [0, 0.05) is 11.4 Å². The van der Waals surface area contributed by atoms with Crippen LogP contribution in [0.4, 0.5) is 0 Å². The normalized spacial score (nSPS) is 11.9. The number of rotatable bonds is 6. The summed E-state index contributed by atoms with van der Waals surface area (Å²) in [5.74, 6) is -0.523. The van der Waals surface area contributed by atoms with Crippen LogP contribution in [-0.4, -0.2) is 17.2 Å². The molecule has 2 aromatic rings. The van der Waals surface area contributed by atoms with Crippen molar-refractivity contribution >= 4 is 17.6 Å². The van der Waals surface area contributed by atoms with E-state index < -0.39 is 12.1 Å². The van der Waals surface area contributed by atoms with Crippen LogP contribution in [0.25, 0.3) is 0 Å². The minimum Gasteiger partial charge on any atom is -0.478 e. The van der Waals surface area contributed by atoms with E-state index in [9.17, 15) is 9.90 Å². The summed E-state index contributed by atoms with van der Waals surface area (Å²) < 4.78 is 5.58. The summed E-state index contributed by atoms with van der Waals surface area (Å²) in [6, 6.07) is 14.6. The Morgan fingerprint density at radius 2 is 1.90 bits per heavy atom. The van der Waals surface area contributed by atoms with Crippen LogP contribution < -0.4 is 4.74 Å². The van der Waals surface area contributed by atoms with E-state index in [1.165, 1.54) is 0 Å². The molecule has 0 amide bonds. The molecule has 0 saturated carbocycles. The molecular weight excluding hydrogens is 288 g/mol. The van der Waals surface area contributed by atoms with Crippen molar-refractivity contribution in [3.8, 4) is 5.75 Å². The van der Waals surface area contributed by atoms with Crippen molar-refractivity contribution in [1.29, 1.82) is 0 Å². The van der Waals surface area contributed by atoms with Gasteiger partial charge in [0.15, 0.2) is 6.10 Å². The number of hydrogen-bond acceptors (Lipinski definition) is 2. The highest BCUT2D eigenvalue weighted by Crippen LogP contribution is 2.20. The first-order valence-electron chi connectivity index (χ1n) is 6.82. The van der Waals surface area contributed by atoms with Crippen molar-refractivity contribution in [2.24, 2.45) is 0 Å². The maximum atomic E-state index is 11.4. The summed E-state index contributed by atoms with van der Waals surface area (Å²) in [6.07, 6.45) is 0.252. The Morgan fingerprint density at radius 3 is 2.52 bits per heavy atom. The monoisotopic (exact) mass is 304 g/mol. The molecule has 0 spiro atoms. The standard InChI is InChI=1S/C17H17ClO3/c1-2-12-6-3-4-7-13(12)10-16(17(19)20)21-15-9-5-8-14(18)11-15/h3-9,11,16H,2,10H2,1H3,(H,19,20)/t16-/m1/s1. The summed E-state index contributed by atoms with van der Waals surface area (Å²) in [4.78, 5) is 11.4. The summed E-state index contributed by atoms with van der Waals surface area (Å²) in [7, 11) is 0. The molecule has 0 aliphatic rings. The maximum Gasteiger partial charge on any atom is 0.345 e. The van der Waals surface area contributed by atoms with Crippen LogP contribution in [0.5, 0.6) is 5.75 Å². The van der Waals surface area contributed by atoms with Crippen molar-refractivity contribution in [2.75, 3.05) is 0 Å². The lowest BCUT2D eigenvalue weighted by molar-refractivity contribution is -0.145. The zero-order valence-corrected chi connectivity index (χ0v) is 12.5. The van der Waals surface area contributed by atoms with Crippen LogP contribution in [-0.2, 0) is 17.6 Å². The van der Waals surface area contributed by atoms with Crippen molar-refractivity contribution < 1.29 is 14.6 Å². The number of carboxylic acid groups (broad SMARTS) is 1. The molecule has 1 atom stereocenters. The van der Waals surface area contributed by atoms with Gasteiger partial charge in [0.05, 0.1) is 0 Å². The molecule has 3 nitrogen and oxygen atoms in total. The Bertz CT molecular complexity index is 625. The predicted molar refractivity (Wildman–Crippen MR) is 83.0 cm³/mol. The Labute approximate surface area is 129 Å². The fourth-order valence-corrected chi connectivity index (χ4v) is 2.37. The quantitative estimate of drug-likeness (QED) is 0.878. The minimum absolute atomic E-state index is 0.325. The van der Waals surface area contributed by atoms with Gasteiger partial charge in [0.1, 0.15) is 5.75 Å². The molecule has 0 unspecified atom stereocenters. The van der Waals surface area contributed by atoms with Crippen LogP contribution in [0.2, 0.25) is 5.02 Å². The van der Waals surface area contributed by atoms with E-state index in [1.807, 2.05) is 31.2 Å². The summed E-state index contributed by atoms with van der Waals surface area (Å²) in [6.45, 7) is 2.05. The van der Waals surface area contributed by atoms with Gasteiger partial charge in [-0.1, -0.05) is 48.9 Å². The van der Waals surface area contributed by atoms with Crippen LogP contribution in [0.15, 0.2) is 48.5 Å². The van der Waals surface area contributed by atoms with Gasteiger partial charge >= 0.3 is 5.97 Å². The third kappa shape index (κ3) is 4.23. The van der Waals surface area contributed by atoms with Gasteiger partial charge in [-0.2, -0.15) is 0 Å². The highest BCUT2D eigenvalue weighted by molar-refractivity contribution is 6.30. The molecule has 0 aliphatic heterocycles. The lowest BCUT2D eigenvalue weighted by Gasteiger charge is -2.17. The zero-order valence-electron chi connectivity index (χ0n) is 11.8. The first-order chi connectivity index (χ1) is 10.1. The number of carboxylic acids is 1. The molecule has 0 fully saturated rings. The van der Waals surface area contributed by atoms with E-state index >= 15 is 0 Å². The molecule has 2 aromatic carbocycles. The van der Waals surface area contributed by atoms with Gasteiger partial charge in [-0.05, 0) is 35.7 Å². The van der Waals surface area contributed by atoms with Gasteiger partial charge in [-0.3, -0.25) is 0 Å². The predicted octanol–water partition coefficient (Wildman–Crippen LogP) is 3.98. The first kappa shape index (κ1) is 15.4. The van der Waals surface area contributed by atoms with E-state index in [0.29, 0.717) is 17.2 Å². The fraction of sp³-hybridized carbons (Fsp3) is 0.235. The Hall–Kier alpha value is -2.00. The second-order valence-electron chi connectivity index (χ2n) is 4.73. The van der Waals surface area contributed by atoms with Gasteiger partial charge in [-0.15, -0.1) is 0 Å². The number of aliphatic carboxylic acids is 1. The van der Waals surface area contributed by atoms with Crippen LogP contribution in [0.3, 0.4) is 0 Å². The topological polar surface area (TPSA) is 46.5 Å². The fourth-order valence-electron chi connectivity index (χ4n) is 2.19. The molecule has 2 rings (SSSR count). The smallest absolute Gasteiger partial charge is 0.345 e. The van der Waals surface area contributed by atoms with Crippen molar-refractivity contribution in [1.82, 2.24) is 0 Å². The van der Waals surface area contributed by atoms with Crippen molar-refractivity contribution in [2.45, 2.75) is 25.9 Å². The van der Waals surface area contributed by atoms with Crippen LogP contribution in [0.1, 0.15) is 18.1 Å². The van der Waals surface area contributed by atoms with E-state index in [-0.39, 0.29) is 0 Å². The lowest BCUT2D eigenvalue weighted by Crippen LogP contribution is -2.29. The van der Waals surface area contributed by atoms with Gasteiger partial charge in [-0.25, -0.2) is 4.79 Å². The SMILES string of the molecule is CCc1ccccc1C[C@@H](Oc1cccc(Cl)c1)C(=O)O. The first-order valence-corrected chi connectivity index (χ1v) is 7.19. The van der Waals surface area contributed by atoms with Crippen molar-refractivity contribution in [3.05, 3.63) is 64.7 Å². The molecule has 110 valence electrons. The van der Waals surface area contributed by atoms with Crippen molar-refractivity contribution in [3.63, 3.8) is 0 Å². The highest BCUT2D eigenvalue weighted by atomic mass is 35.5. The number of aryl methyl sites for hydroxylation is 1. The van der Waals surface area contributed by atoms with Gasteiger partial charge < -0.3 is 9.84 Å². The molecule has 4 heteroatoms. The van der Waals surface area contributed by atoms with Crippen LogP contribution in [0, 0.1) is 0 Å². The molecular formula is C17H17ClO3. The zero-order chi connectivity index (χ0) is 15.2. The highest BCUT2D eigenvalue weighted by Gasteiger charge is 2.21. The molecule has 21 heavy (non-hydrogen) atoms. The molecule has 0 heterocycles. The molecule has 0 saturated heterocycles. The van der Waals surface area contributed by atoms with Gasteiger partial charge in [0.25, 0.3) is 0 Å². The maximum absolute atomic E-state index is 11.4. The number of ether oxygens (including phenoxy) is 1. The molecule has 0 aliphatic carbocycles. The van der Waals surface area contributed by atoms with Gasteiger partial charge in [0.2, 0.25) is 0 Å². The summed E-state index contributed by atoms with van der Waals surface area (Å²) in [5.41, 5.74) is 2.13. The summed E-state index contributed by atoms with van der Waals surface area (Å²) >= 11 is 5.89. The number of benzene rings is 2. The Balaban J connectivity index is 2.18. The molecule has 0 bridgehead atoms. The third-order valence-electron chi connectivity index (χ3n) is 3.25. The third-order valence-corrected chi connectivity index (χ3v) is 3.49. The average molecular weight is 305 g/mol. The Kier molecular flexibility index (Phi) is 5.23. The Morgan fingerprint density at radius 1 is 1.19 bits per heavy atom. The minimum atomic E-state index is -0.985. The number of carbonyl (C=O) groups is 1. The number of hydrogen-bond donors (Lipinski definition) is 1. The van der Waals surface area contributed by atoms with E-state index in [4.69, 9.17) is 16.3 Å².